The summed E-state index contributed by atoms with van der Waals surface area (Å²) in [5.74, 6) is -0.0591. The summed E-state index contributed by atoms with van der Waals surface area (Å²) in [6, 6.07) is 9.56. The summed E-state index contributed by atoms with van der Waals surface area (Å²) in [5.41, 5.74) is 1.01. The van der Waals surface area contributed by atoms with E-state index < -0.39 is 0 Å². The minimum atomic E-state index is -0.0591. The second-order valence-electron chi connectivity index (χ2n) is 2.26. The molecular formula is C10H9O. The molecule has 0 amide bonds. The Hall–Kier alpha value is -1.37. The molecule has 1 aromatic carbocycles. The number of rotatable bonds is 3. The molecule has 0 aliphatic heterocycles. The lowest BCUT2D eigenvalue weighted by atomic mass is 10.1. The molecule has 11 heavy (non-hydrogen) atoms. The van der Waals surface area contributed by atoms with E-state index in [0.717, 1.165) is 5.56 Å². The maximum atomic E-state index is 10.8. The maximum Gasteiger partial charge on any atom is 0.167 e. The molecule has 0 aliphatic rings. The SMILES string of the molecule is C=[C]C(=O)Cc1ccccc1. The molecule has 1 rings (SSSR count). The first-order chi connectivity index (χ1) is 5.33. The Balaban J connectivity index is 2.65. The lowest BCUT2D eigenvalue weighted by Crippen LogP contribution is -1.97. The van der Waals surface area contributed by atoms with Crippen molar-refractivity contribution in [2.75, 3.05) is 0 Å². The number of Topliss-reactive ketones (excluding diaryl/α,β-unsaturated/α-hetero) is 1. The molecule has 0 spiro atoms. The Morgan fingerprint density at radius 2 is 2.00 bits per heavy atom. The molecule has 0 saturated carbocycles. The Morgan fingerprint density at radius 3 is 2.55 bits per heavy atom. The van der Waals surface area contributed by atoms with Crippen LogP contribution in [0.1, 0.15) is 5.56 Å². The van der Waals surface area contributed by atoms with E-state index >= 15 is 0 Å². The monoisotopic (exact) mass is 145 g/mol. The first kappa shape index (κ1) is 7.73. The number of hydrogen-bond acceptors (Lipinski definition) is 1. The molecule has 0 unspecified atom stereocenters. The minimum absolute atomic E-state index is 0.0591. The molecule has 0 N–H and O–H groups in total. The fourth-order valence-corrected chi connectivity index (χ4v) is 0.844. The van der Waals surface area contributed by atoms with E-state index in [-0.39, 0.29) is 5.78 Å². The zero-order chi connectivity index (χ0) is 8.10. The van der Waals surface area contributed by atoms with E-state index in [1.165, 1.54) is 0 Å². The van der Waals surface area contributed by atoms with Crippen molar-refractivity contribution in [2.45, 2.75) is 6.42 Å². The van der Waals surface area contributed by atoms with Gasteiger partial charge >= 0.3 is 0 Å². The summed E-state index contributed by atoms with van der Waals surface area (Å²) >= 11 is 0. The van der Waals surface area contributed by atoms with Gasteiger partial charge in [0.1, 0.15) is 0 Å². The van der Waals surface area contributed by atoms with Crippen molar-refractivity contribution in [1.82, 2.24) is 0 Å². The number of allylic oxidation sites excluding steroid dienone is 1. The molecule has 1 aromatic rings. The van der Waals surface area contributed by atoms with Crippen LogP contribution in [0, 0.1) is 6.08 Å². The van der Waals surface area contributed by atoms with Crippen molar-refractivity contribution in [3.8, 4) is 0 Å². The van der Waals surface area contributed by atoms with Gasteiger partial charge in [-0.15, -0.1) is 0 Å². The summed E-state index contributed by atoms with van der Waals surface area (Å²) in [5, 5.41) is 0. The Morgan fingerprint density at radius 1 is 1.36 bits per heavy atom. The van der Waals surface area contributed by atoms with Crippen molar-refractivity contribution in [1.29, 1.82) is 0 Å². The van der Waals surface area contributed by atoms with E-state index in [1.54, 1.807) is 0 Å². The number of ketones is 1. The fourth-order valence-electron chi connectivity index (χ4n) is 0.844. The van der Waals surface area contributed by atoms with Crippen LogP contribution in [-0.4, -0.2) is 5.78 Å². The summed E-state index contributed by atoms with van der Waals surface area (Å²) in [4.78, 5) is 10.8. The third-order valence-electron chi connectivity index (χ3n) is 1.40. The Bertz CT molecular complexity index is 249. The van der Waals surface area contributed by atoms with Crippen molar-refractivity contribution in [3.05, 3.63) is 48.6 Å². The Kier molecular flexibility index (Phi) is 2.61. The lowest BCUT2D eigenvalue weighted by Gasteiger charge is -1.94. The van der Waals surface area contributed by atoms with Gasteiger partial charge in [-0.05, 0) is 5.56 Å². The smallest absolute Gasteiger partial charge is 0.167 e. The highest BCUT2D eigenvalue weighted by Gasteiger charge is 1.96. The van der Waals surface area contributed by atoms with E-state index in [2.05, 4.69) is 12.7 Å². The van der Waals surface area contributed by atoms with Gasteiger partial charge in [0.2, 0.25) is 0 Å². The lowest BCUT2D eigenvalue weighted by molar-refractivity contribution is -0.114. The normalized spacial score (nSPS) is 9.09. The third-order valence-corrected chi connectivity index (χ3v) is 1.40. The van der Waals surface area contributed by atoms with Crippen LogP contribution in [0.3, 0.4) is 0 Å². The molecule has 0 fully saturated rings. The van der Waals surface area contributed by atoms with Gasteiger partial charge in [0.25, 0.3) is 0 Å². The van der Waals surface area contributed by atoms with Crippen molar-refractivity contribution in [2.24, 2.45) is 0 Å². The number of carbonyl (C=O) groups excluding carboxylic acids is 1. The van der Waals surface area contributed by atoms with Crippen molar-refractivity contribution in [3.63, 3.8) is 0 Å². The van der Waals surface area contributed by atoms with Crippen LogP contribution in [0.2, 0.25) is 0 Å². The van der Waals surface area contributed by atoms with E-state index in [4.69, 9.17) is 0 Å². The van der Waals surface area contributed by atoms with Gasteiger partial charge in [0.15, 0.2) is 5.78 Å². The first-order valence-corrected chi connectivity index (χ1v) is 3.43. The highest BCUT2D eigenvalue weighted by molar-refractivity contribution is 5.87. The Labute approximate surface area is 66.4 Å². The zero-order valence-electron chi connectivity index (χ0n) is 6.21. The number of benzene rings is 1. The van der Waals surface area contributed by atoms with Gasteiger partial charge in [0.05, 0.1) is 0 Å². The summed E-state index contributed by atoms with van der Waals surface area (Å²) in [6.07, 6.45) is 2.73. The molecule has 0 bridgehead atoms. The molecule has 0 heterocycles. The zero-order valence-corrected chi connectivity index (χ0v) is 6.21. The van der Waals surface area contributed by atoms with Crippen LogP contribution in [0.4, 0.5) is 0 Å². The molecule has 0 atom stereocenters. The fraction of sp³-hybridized carbons (Fsp3) is 0.100. The van der Waals surface area contributed by atoms with E-state index in [9.17, 15) is 4.79 Å². The molecule has 0 aliphatic carbocycles. The highest BCUT2D eigenvalue weighted by Crippen LogP contribution is 1.99. The van der Waals surface area contributed by atoms with Crippen LogP contribution in [0.15, 0.2) is 36.9 Å². The highest BCUT2D eigenvalue weighted by atomic mass is 16.1. The minimum Gasteiger partial charge on any atom is -0.294 e. The van der Waals surface area contributed by atoms with E-state index in [0.29, 0.717) is 6.42 Å². The first-order valence-electron chi connectivity index (χ1n) is 3.43. The van der Waals surface area contributed by atoms with Gasteiger partial charge in [0, 0.05) is 12.5 Å². The van der Waals surface area contributed by atoms with Crippen molar-refractivity contribution >= 4 is 5.78 Å². The average Bonchev–Trinajstić information content (AvgIpc) is 2.06. The largest absolute Gasteiger partial charge is 0.294 e. The van der Waals surface area contributed by atoms with Gasteiger partial charge in [-0.2, -0.15) is 0 Å². The van der Waals surface area contributed by atoms with Crippen LogP contribution < -0.4 is 0 Å². The number of hydrogen-bond donors (Lipinski definition) is 0. The standard InChI is InChI=1S/C10H9O/c1-2-10(11)8-9-6-4-3-5-7-9/h3-7H,1,8H2. The molecule has 55 valence electrons. The van der Waals surface area contributed by atoms with E-state index in [1.807, 2.05) is 30.3 Å². The predicted molar refractivity (Wildman–Crippen MR) is 44.0 cm³/mol. The predicted octanol–water partition coefficient (Wildman–Crippen LogP) is 1.79. The summed E-state index contributed by atoms with van der Waals surface area (Å²) < 4.78 is 0. The van der Waals surface area contributed by atoms with Gasteiger partial charge in [-0.3, -0.25) is 4.79 Å². The summed E-state index contributed by atoms with van der Waals surface area (Å²) in [6.45, 7) is 3.28. The van der Waals surface area contributed by atoms with Crippen LogP contribution in [0.25, 0.3) is 0 Å². The number of carbonyl (C=O) groups is 1. The molecular weight excluding hydrogens is 136 g/mol. The quantitative estimate of drug-likeness (QED) is 0.592. The van der Waals surface area contributed by atoms with Gasteiger partial charge < -0.3 is 0 Å². The van der Waals surface area contributed by atoms with Crippen LogP contribution in [0.5, 0.6) is 0 Å². The third kappa shape index (κ3) is 2.38. The average molecular weight is 145 g/mol. The topological polar surface area (TPSA) is 17.1 Å². The second-order valence-corrected chi connectivity index (χ2v) is 2.26. The van der Waals surface area contributed by atoms with Gasteiger partial charge in [-0.1, -0.05) is 36.9 Å². The van der Waals surface area contributed by atoms with Crippen LogP contribution >= 0.6 is 0 Å². The van der Waals surface area contributed by atoms with Crippen molar-refractivity contribution < 1.29 is 4.79 Å². The second kappa shape index (κ2) is 3.71. The van der Waals surface area contributed by atoms with Gasteiger partial charge in [-0.25, -0.2) is 0 Å². The molecule has 0 aromatic heterocycles. The maximum absolute atomic E-state index is 10.8. The van der Waals surface area contributed by atoms with Crippen LogP contribution in [-0.2, 0) is 11.2 Å². The molecule has 1 radical (unpaired) electrons. The summed E-state index contributed by atoms with van der Waals surface area (Å²) in [7, 11) is 0. The molecule has 1 nitrogen and oxygen atoms in total. The molecule has 1 heteroatoms. The molecule has 0 saturated heterocycles.